The Labute approximate surface area is 130 Å². The van der Waals surface area contributed by atoms with Gasteiger partial charge < -0.3 is 9.84 Å². The number of rotatable bonds is 7. The fraction of sp³-hybridized carbons (Fsp3) is 0.857. The number of ether oxygens (including phenoxy) is 1. The molecule has 0 unspecified atom stereocenters. The molecule has 0 spiro atoms. The molecule has 1 aromatic rings. The lowest BCUT2D eigenvalue weighted by Crippen LogP contribution is -2.54. The molecule has 2 atom stereocenters. The number of hydrogen-bond donors (Lipinski definition) is 1. The Kier molecular flexibility index (Phi) is 6.35. The Hall–Kier alpha value is -0.760. The molecular formula is C14H26N4O2S. The molecule has 0 saturated carbocycles. The van der Waals surface area contributed by atoms with Crippen molar-refractivity contribution >= 4 is 11.3 Å². The van der Waals surface area contributed by atoms with Crippen LogP contribution in [-0.2, 0) is 6.54 Å². The van der Waals surface area contributed by atoms with Crippen molar-refractivity contribution in [2.75, 3.05) is 32.8 Å². The third-order valence-corrected chi connectivity index (χ3v) is 4.55. The first-order chi connectivity index (χ1) is 10.1. The van der Waals surface area contributed by atoms with Gasteiger partial charge in [0.1, 0.15) is 5.01 Å². The maximum atomic E-state index is 9.59. The van der Waals surface area contributed by atoms with Gasteiger partial charge in [-0.05, 0) is 20.3 Å². The van der Waals surface area contributed by atoms with Gasteiger partial charge in [-0.3, -0.25) is 9.80 Å². The third kappa shape index (κ3) is 4.88. The van der Waals surface area contributed by atoms with Crippen molar-refractivity contribution in [1.82, 2.24) is 20.0 Å². The van der Waals surface area contributed by atoms with Gasteiger partial charge in [-0.1, -0.05) is 18.3 Å². The summed E-state index contributed by atoms with van der Waals surface area (Å²) in [5.41, 5.74) is 0. The molecule has 2 heterocycles. The van der Waals surface area contributed by atoms with Gasteiger partial charge in [-0.15, -0.1) is 10.2 Å². The van der Waals surface area contributed by atoms with E-state index in [0.717, 1.165) is 44.2 Å². The summed E-state index contributed by atoms with van der Waals surface area (Å²) in [5.74, 6) is 0. The molecule has 1 N–H and O–H groups in total. The minimum Gasteiger partial charge on any atom is -0.469 e. The molecule has 1 fully saturated rings. The number of β-amino-alcohol motifs (C(OH)–C–C–N with tert-alkyl or cyclic N) is 1. The quantitative estimate of drug-likeness (QED) is 0.816. The van der Waals surface area contributed by atoms with Crippen LogP contribution in [0, 0.1) is 0 Å². The van der Waals surface area contributed by atoms with Gasteiger partial charge in [0.05, 0.1) is 19.3 Å². The molecule has 1 aromatic heterocycles. The van der Waals surface area contributed by atoms with Gasteiger partial charge >= 0.3 is 0 Å². The number of aliphatic hydroxyl groups is 1. The molecule has 1 aliphatic rings. The van der Waals surface area contributed by atoms with Crippen molar-refractivity contribution in [3.63, 3.8) is 0 Å². The summed E-state index contributed by atoms with van der Waals surface area (Å²) in [6.07, 6.45) is 0.839. The zero-order valence-corrected chi connectivity index (χ0v) is 14.0. The topological polar surface area (TPSA) is 61.7 Å². The number of aromatic nitrogens is 2. The predicted molar refractivity (Wildman–Crippen MR) is 83.7 cm³/mol. The predicted octanol–water partition coefficient (Wildman–Crippen LogP) is 1.21. The number of hydrogen-bond acceptors (Lipinski definition) is 7. The molecule has 0 amide bonds. The van der Waals surface area contributed by atoms with Crippen LogP contribution in [0.1, 0.15) is 32.2 Å². The number of aliphatic hydroxyl groups excluding tert-OH is 1. The summed E-state index contributed by atoms with van der Waals surface area (Å²) in [5, 5.41) is 19.5. The Bertz CT molecular complexity index is 427. The van der Waals surface area contributed by atoms with Crippen LogP contribution in [-0.4, -0.2) is 70.0 Å². The minimum atomic E-state index is -0.262. The van der Waals surface area contributed by atoms with Crippen molar-refractivity contribution in [3.8, 4) is 5.19 Å². The molecule has 120 valence electrons. The van der Waals surface area contributed by atoms with E-state index in [1.807, 2.05) is 13.8 Å². The van der Waals surface area contributed by atoms with Gasteiger partial charge in [0.2, 0.25) is 0 Å². The zero-order chi connectivity index (χ0) is 15.2. The smallest absolute Gasteiger partial charge is 0.294 e. The second kappa shape index (κ2) is 8.03. The molecule has 7 heteroatoms. The Balaban J connectivity index is 1.87. The van der Waals surface area contributed by atoms with E-state index in [1.165, 1.54) is 11.3 Å². The molecule has 2 rings (SSSR count). The number of piperazine rings is 1. The van der Waals surface area contributed by atoms with Crippen LogP contribution < -0.4 is 4.74 Å². The van der Waals surface area contributed by atoms with Crippen LogP contribution in [0.4, 0.5) is 0 Å². The van der Waals surface area contributed by atoms with E-state index in [2.05, 4.69) is 26.9 Å². The lowest BCUT2D eigenvalue weighted by Gasteiger charge is -2.41. The molecule has 0 aliphatic carbocycles. The highest BCUT2D eigenvalue weighted by molar-refractivity contribution is 7.13. The van der Waals surface area contributed by atoms with E-state index in [4.69, 9.17) is 4.74 Å². The Morgan fingerprint density at radius 2 is 2.19 bits per heavy atom. The van der Waals surface area contributed by atoms with Crippen LogP contribution >= 0.6 is 11.3 Å². The SMILES string of the molecule is CCOc1nnc(CN2CCN(C[C@H](C)O)[C@@H](CC)C2)s1. The lowest BCUT2D eigenvalue weighted by molar-refractivity contribution is 0.0337. The van der Waals surface area contributed by atoms with Crippen molar-refractivity contribution in [1.29, 1.82) is 0 Å². The molecular weight excluding hydrogens is 288 g/mol. The maximum absolute atomic E-state index is 9.59. The highest BCUT2D eigenvalue weighted by atomic mass is 32.1. The molecule has 1 aliphatic heterocycles. The van der Waals surface area contributed by atoms with Gasteiger partial charge in [-0.25, -0.2) is 0 Å². The minimum absolute atomic E-state index is 0.262. The Morgan fingerprint density at radius 3 is 2.86 bits per heavy atom. The summed E-state index contributed by atoms with van der Waals surface area (Å²) in [4.78, 5) is 4.82. The van der Waals surface area contributed by atoms with Gasteiger partial charge in [0, 0.05) is 32.2 Å². The van der Waals surface area contributed by atoms with Gasteiger partial charge in [-0.2, -0.15) is 0 Å². The Morgan fingerprint density at radius 1 is 1.38 bits per heavy atom. The third-order valence-electron chi connectivity index (χ3n) is 3.73. The largest absolute Gasteiger partial charge is 0.469 e. The zero-order valence-electron chi connectivity index (χ0n) is 13.2. The van der Waals surface area contributed by atoms with Gasteiger partial charge in [0.15, 0.2) is 0 Å². The van der Waals surface area contributed by atoms with E-state index in [0.29, 0.717) is 17.8 Å². The van der Waals surface area contributed by atoms with Crippen molar-refractivity contribution in [3.05, 3.63) is 5.01 Å². The highest BCUT2D eigenvalue weighted by Gasteiger charge is 2.26. The first kappa shape index (κ1) is 16.6. The van der Waals surface area contributed by atoms with Crippen molar-refractivity contribution in [2.45, 2.75) is 45.9 Å². The number of nitrogens with zero attached hydrogens (tertiary/aromatic N) is 4. The van der Waals surface area contributed by atoms with E-state index in [-0.39, 0.29) is 6.10 Å². The molecule has 0 radical (unpaired) electrons. The monoisotopic (exact) mass is 314 g/mol. The highest BCUT2D eigenvalue weighted by Crippen LogP contribution is 2.21. The molecule has 0 bridgehead atoms. The standard InChI is InChI=1S/C14H26N4O2S/c1-4-12-9-17(6-7-18(12)8-11(3)19)10-13-15-16-14(21-13)20-5-2/h11-12,19H,4-10H2,1-3H3/t11-,12-/m0/s1. The summed E-state index contributed by atoms with van der Waals surface area (Å²) in [6, 6.07) is 0.507. The van der Waals surface area contributed by atoms with E-state index < -0.39 is 0 Å². The second-order valence-electron chi connectivity index (χ2n) is 5.54. The molecule has 1 saturated heterocycles. The van der Waals surface area contributed by atoms with E-state index in [1.54, 1.807) is 0 Å². The van der Waals surface area contributed by atoms with Crippen LogP contribution in [0.5, 0.6) is 5.19 Å². The van der Waals surface area contributed by atoms with Crippen LogP contribution in [0.2, 0.25) is 0 Å². The summed E-state index contributed by atoms with van der Waals surface area (Å²) in [7, 11) is 0. The first-order valence-corrected chi connectivity index (χ1v) is 8.53. The maximum Gasteiger partial charge on any atom is 0.294 e. The second-order valence-corrected chi connectivity index (χ2v) is 6.56. The average molecular weight is 314 g/mol. The fourth-order valence-electron chi connectivity index (χ4n) is 2.74. The summed E-state index contributed by atoms with van der Waals surface area (Å²) in [6.45, 7) is 11.3. The van der Waals surface area contributed by atoms with Crippen LogP contribution in [0.3, 0.4) is 0 Å². The van der Waals surface area contributed by atoms with Gasteiger partial charge in [0.25, 0.3) is 5.19 Å². The van der Waals surface area contributed by atoms with E-state index >= 15 is 0 Å². The average Bonchev–Trinajstić information content (AvgIpc) is 2.87. The first-order valence-electron chi connectivity index (χ1n) is 7.72. The normalized spacial score (nSPS) is 22.4. The fourth-order valence-corrected chi connectivity index (χ4v) is 3.53. The summed E-state index contributed by atoms with van der Waals surface area (Å²) < 4.78 is 5.37. The molecule has 6 nitrogen and oxygen atoms in total. The molecule has 21 heavy (non-hydrogen) atoms. The van der Waals surface area contributed by atoms with Crippen LogP contribution in [0.15, 0.2) is 0 Å². The van der Waals surface area contributed by atoms with Crippen molar-refractivity contribution < 1.29 is 9.84 Å². The molecule has 0 aromatic carbocycles. The summed E-state index contributed by atoms with van der Waals surface area (Å²) >= 11 is 1.53. The van der Waals surface area contributed by atoms with Crippen LogP contribution in [0.25, 0.3) is 0 Å². The van der Waals surface area contributed by atoms with E-state index in [9.17, 15) is 5.11 Å². The van der Waals surface area contributed by atoms with Crippen molar-refractivity contribution in [2.24, 2.45) is 0 Å². The lowest BCUT2D eigenvalue weighted by atomic mass is 10.1.